The van der Waals surface area contributed by atoms with E-state index in [2.05, 4.69) is 11.1 Å². The first-order valence-electron chi connectivity index (χ1n) is 5.30. The third kappa shape index (κ3) is 2.48. The van der Waals surface area contributed by atoms with Gasteiger partial charge >= 0.3 is 0 Å². The molecule has 2 rings (SSSR count). The largest absolute Gasteiger partial charge is 0.330 e. The van der Waals surface area contributed by atoms with Gasteiger partial charge in [-0.2, -0.15) is 5.26 Å². The minimum absolute atomic E-state index is 0.405. The van der Waals surface area contributed by atoms with Gasteiger partial charge in [-0.25, -0.2) is 4.98 Å². The first-order valence-corrected chi connectivity index (χ1v) is 5.83. The smallest absolute Gasteiger partial charge is 0.123 e. The first-order chi connectivity index (χ1) is 8.24. The van der Waals surface area contributed by atoms with Gasteiger partial charge in [-0.15, -0.1) is 11.6 Å². The van der Waals surface area contributed by atoms with Crippen molar-refractivity contribution in [1.29, 1.82) is 5.26 Å². The van der Waals surface area contributed by atoms with Crippen molar-refractivity contribution in [3.05, 3.63) is 53.1 Å². The van der Waals surface area contributed by atoms with Gasteiger partial charge in [0.2, 0.25) is 0 Å². The molecule has 4 heteroatoms. The Balaban J connectivity index is 2.28. The molecule has 0 saturated carbocycles. The number of imidazole rings is 1. The Morgan fingerprint density at radius 1 is 1.47 bits per heavy atom. The third-order valence-corrected chi connectivity index (χ3v) is 2.97. The topological polar surface area (TPSA) is 41.6 Å². The van der Waals surface area contributed by atoms with Crippen LogP contribution in [0.3, 0.4) is 0 Å². The maximum atomic E-state index is 8.81. The molecule has 0 spiro atoms. The number of hydrogen-bond acceptors (Lipinski definition) is 2. The van der Waals surface area contributed by atoms with E-state index in [4.69, 9.17) is 16.9 Å². The summed E-state index contributed by atoms with van der Waals surface area (Å²) < 4.78 is 2.02. The van der Waals surface area contributed by atoms with E-state index in [-0.39, 0.29) is 0 Å². The lowest BCUT2D eigenvalue weighted by atomic mass is 10.1. The van der Waals surface area contributed by atoms with Crippen molar-refractivity contribution in [1.82, 2.24) is 9.55 Å². The summed E-state index contributed by atoms with van der Waals surface area (Å²) in [5.41, 5.74) is 2.97. The van der Waals surface area contributed by atoms with Gasteiger partial charge in [0.1, 0.15) is 5.82 Å². The molecular weight excluding hydrogens is 234 g/mol. The maximum absolute atomic E-state index is 8.81. The minimum Gasteiger partial charge on any atom is -0.330 e. The third-order valence-electron chi connectivity index (χ3n) is 2.73. The van der Waals surface area contributed by atoms with E-state index in [1.54, 1.807) is 6.20 Å². The van der Waals surface area contributed by atoms with Crippen LogP contribution < -0.4 is 0 Å². The zero-order valence-electron chi connectivity index (χ0n) is 9.52. The highest BCUT2D eigenvalue weighted by Crippen LogP contribution is 2.13. The van der Waals surface area contributed by atoms with E-state index < -0.39 is 0 Å². The van der Waals surface area contributed by atoms with E-state index in [9.17, 15) is 0 Å². The van der Waals surface area contributed by atoms with Crippen LogP contribution >= 0.6 is 11.6 Å². The average Bonchev–Trinajstić information content (AvgIpc) is 2.79. The van der Waals surface area contributed by atoms with Crippen molar-refractivity contribution in [3.8, 4) is 6.07 Å². The van der Waals surface area contributed by atoms with Gasteiger partial charge in [0.15, 0.2) is 0 Å². The van der Waals surface area contributed by atoms with Crippen LogP contribution in [0, 0.1) is 18.3 Å². The van der Waals surface area contributed by atoms with Gasteiger partial charge < -0.3 is 4.57 Å². The van der Waals surface area contributed by atoms with Crippen LogP contribution in [0.15, 0.2) is 30.6 Å². The minimum atomic E-state index is 0.405. The number of hydrogen-bond donors (Lipinski definition) is 0. The summed E-state index contributed by atoms with van der Waals surface area (Å²) in [7, 11) is 0. The Bertz CT molecular complexity index is 566. The number of aromatic nitrogens is 2. The lowest BCUT2D eigenvalue weighted by Crippen LogP contribution is -2.04. The van der Waals surface area contributed by atoms with Gasteiger partial charge in [-0.05, 0) is 30.2 Å². The fourth-order valence-electron chi connectivity index (χ4n) is 1.74. The Labute approximate surface area is 105 Å². The predicted molar refractivity (Wildman–Crippen MR) is 66.8 cm³/mol. The number of nitriles is 1. The number of nitrogens with zero attached hydrogens (tertiary/aromatic N) is 3. The molecule has 1 heterocycles. The molecule has 0 N–H and O–H groups in total. The molecule has 17 heavy (non-hydrogen) atoms. The average molecular weight is 246 g/mol. The number of aryl methyl sites for hydroxylation is 1. The molecule has 0 atom stereocenters. The summed E-state index contributed by atoms with van der Waals surface area (Å²) in [6.07, 6.45) is 3.66. The SMILES string of the molecule is Cc1cc(C#N)ccc1Cn1ccnc1CCl. The Hall–Kier alpha value is -1.79. The predicted octanol–water partition coefficient (Wildman–Crippen LogP) is 2.85. The quantitative estimate of drug-likeness (QED) is 0.781. The molecule has 0 amide bonds. The summed E-state index contributed by atoms with van der Waals surface area (Å²) in [4.78, 5) is 4.17. The molecule has 1 aromatic carbocycles. The van der Waals surface area contributed by atoms with Gasteiger partial charge in [0.25, 0.3) is 0 Å². The molecule has 3 nitrogen and oxygen atoms in total. The Morgan fingerprint density at radius 2 is 2.29 bits per heavy atom. The van der Waals surface area contributed by atoms with Crippen molar-refractivity contribution >= 4 is 11.6 Å². The first kappa shape index (κ1) is 11.7. The van der Waals surface area contributed by atoms with E-state index >= 15 is 0 Å². The summed E-state index contributed by atoms with van der Waals surface area (Å²) in [6, 6.07) is 7.84. The fraction of sp³-hybridized carbons (Fsp3) is 0.231. The monoisotopic (exact) mass is 245 g/mol. The molecule has 0 unspecified atom stereocenters. The fourth-order valence-corrected chi connectivity index (χ4v) is 1.96. The van der Waals surface area contributed by atoms with Crippen LogP contribution in [-0.4, -0.2) is 9.55 Å². The van der Waals surface area contributed by atoms with Crippen molar-refractivity contribution in [2.24, 2.45) is 0 Å². The normalized spacial score (nSPS) is 10.2. The van der Waals surface area contributed by atoms with Crippen LogP contribution in [0.25, 0.3) is 0 Å². The second kappa shape index (κ2) is 5.03. The molecule has 0 aliphatic carbocycles. The van der Waals surface area contributed by atoms with Crippen molar-refractivity contribution < 1.29 is 0 Å². The second-order valence-electron chi connectivity index (χ2n) is 3.86. The zero-order chi connectivity index (χ0) is 12.3. The molecule has 0 aliphatic heterocycles. The number of halogens is 1. The lowest BCUT2D eigenvalue weighted by Gasteiger charge is -2.09. The molecule has 0 radical (unpaired) electrons. The highest BCUT2D eigenvalue weighted by molar-refractivity contribution is 6.16. The van der Waals surface area contributed by atoms with Gasteiger partial charge in [-0.1, -0.05) is 6.07 Å². The molecule has 1 aromatic heterocycles. The maximum Gasteiger partial charge on any atom is 0.123 e. The van der Waals surface area contributed by atoms with Crippen LogP contribution in [0.2, 0.25) is 0 Å². The van der Waals surface area contributed by atoms with Gasteiger partial charge in [0, 0.05) is 18.9 Å². The van der Waals surface area contributed by atoms with E-state index in [1.807, 2.05) is 35.9 Å². The molecule has 86 valence electrons. The standard InChI is InChI=1S/C13H12ClN3/c1-10-6-11(8-15)2-3-12(10)9-17-5-4-16-13(17)7-14/h2-6H,7,9H2,1H3. The lowest BCUT2D eigenvalue weighted by molar-refractivity contribution is 0.751. The van der Waals surface area contributed by atoms with Crippen molar-refractivity contribution in [2.45, 2.75) is 19.3 Å². The number of rotatable bonds is 3. The Morgan fingerprint density at radius 3 is 2.94 bits per heavy atom. The molecule has 0 saturated heterocycles. The van der Waals surface area contributed by atoms with Crippen molar-refractivity contribution in [2.75, 3.05) is 0 Å². The highest BCUT2D eigenvalue weighted by atomic mass is 35.5. The molecule has 0 aliphatic rings. The summed E-state index contributed by atoms with van der Waals surface area (Å²) in [6.45, 7) is 2.74. The summed E-state index contributed by atoms with van der Waals surface area (Å²) in [5, 5.41) is 8.81. The second-order valence-corrected chi connectivity index (χ2v) is 4.13. The highest BCUT2D eigenvalue weighted by Gasteiger charge is 2.04. The molecule has 0 fully saturated rings. The molecule has 2 aromatic rings. The Kier molecular flexibility index (Phi) is 3.46. The van der Waals surface area contributed by atoms with E-state index in [0.29, 0.717) is 11.4 Å². The summed E-state index contributed by atoms with van der Waals surface area (Å²) >= 11 is 5.80. The van der Waals surface area contributed by atoms with Crippen molar-refractivity contribution in [3.63, 3.8) is 0 Å². The van der Waals surface area contributed by atoms with Crippen LogP contribution in [0.5, 0.6) is 0 Å². The van der Waals surface area contributed by atoms with Crippen LogP contribution in [0.1, 0.15) is 22.5 Å². The molecule has 0 bridgehead atoms. The van der Waals surface area contributed by atoms with Gasteiger partial charge in [-0.3, -0.25) is 0 Å². The number of alkyl halides is 1. The zero-order valence-corrected chi connectivity index (χ0v) is 10.3. The molecular formula is C13H12ClN3. The van der Waals surface area contributed by atoms with E-state index in [1.165, 1.54) is 5.56 Å². The summed E-state index contributed by atoms with van der Waals surface area (Å²) in [5.74, 6) is 1.26. The van der Waals surface area contributed by atoms with Crippen LogP contribution in [0.4, 0.5) is 0 Å². The number of benzene rings is 1. The van der Waals surface area contributed by atoms with E-state index in [0.717, 1.165) is 17.9 Å². The van der Waals surface area contributed by atoms with Gasteiger partial charge in [0.05, 0.1) is 17.5 Å². The van der Waals surface area contributed by atoms with Crippen LogP contribution in [-0.2, 0) is 12.4 Å².